The SMILES string of the molecule is COc1ccc(N(C)C(=O)Nc2ccc(N3CCOCC3=O)c(C)c2)cc1. The van der Waals surface area contributed by atoms with Gasteiger partial charge in [0.15, 0.2) is 0 Å². The molecule has 0 radical (unpaired) electrons. The zero-order valence-corrected chi connectivity index (χ0v) is 15.7. The van der Waals surface area contributed by atoms with Crippen LogP contribution in [0.15, 0.2) is 42.5 Å². The maximum absolute atomic E-state index is 12.5. The first kappa shape index (κ1) is 18.7. The van der Waals surface area contributed by atoms with Gasteiger partial charge in [0.2, 0.25) is 0 Å². The Balaban J connectivity index is 1.70. The third kappa shape index (κ3) is 4.20. The summed E-state index contributed by atoms with van der Waals surface area (Å²) in [7, 11) is 3.30. The molecule has 7 heteroatoms. The highest BCUT2D eigenvalue weighted by Gasteiger charge is 2.22. The standard InChI is InChI=1S/C20H23N3O4/c1-14-12-15(4-9-18(14)23-10-11-27-13-19(23)24)21-20(25)22(2)16-5-7-17(26-3)8-6-16/h4-9,12H,10-11,13H2,1-3H3,(H,21,25). The van der Waals surface area contributed by atoms with Gasteiger partial charge in [0.05, 0.1) is 13.7 Å². The minimum absolute atomic E-state index is 0.0552. The van der Waals surface area contributed by atoms with E-state index in [1.54, 1.807) is 37.3 Å². The number of rotatable bonds is 4. The lowest BCUT2D eigenvalue weighted by Gasteiger charge is -2.28. The van der Waals surface area contributed by atoms with Crippen molar-refractivity contribution in [1.29, 1.82) is 0 Å². The Morgan fingerprint density at radius 1 is 1.22 bits per heavy atom. The molecule has 0 atom stereocenters. The van der Waals surface area contributed by atoms with Gasteiger partial charge in [-0.1, -0.05) is 0 Å². The van der Waals surface area contributed by atoms with E-state index in [9.17, 15) is 9.59 Å². The van der Waals surface area contributed by atoms with E-state index in [1.807, 2.05) is 31.2 Å². The van der Waals surface area contributed by atoms with Crippen LogP contribution in [0.1, 0.15) is 5.56 Å². The first-order chi connectivity index (χ1) is 13.0. The van der Waals surface area contributed by atoms with E-state index < -0.39 is 0 Å². The predicted octanol–water partition coefficient (Wildman–Crippen LogP) is 3.04. The van der Waals surface area contributed by atoms with Crippen LogP contribution in [-0.4, -0.2) is 45.9 Å². The number of anilines is 3. The van der Waals surface area contributed by atoms with Crippen LogP contribution >= 0.6 is 0 Å². The number of morpholine rings is 1. The van der Waals surface area contributed by atoms with Gasteiger partial charge in [0.25, 0.3) is 5.91 Å². The van der Waals surface area contributed by atoms with Crippen molar-refractivity contribution in [3.63, 3.8) is 0 Å². The van der Waals surface area contributed by atoms with Gasteiger partial charge in [0, 0.05) is 30.7 Å². The molecular formula is C20H23N3O4. The second-order valence-electron chi connectivity index (χ2n) is 6.29. The number of carbonyl (C=O) groups excluding carboxylic acids is 2. The highest BCUT2D eigenvalue weighted by atomic mass is 16.5. The van der Waals surface area contributed by atoms with Gasteiger partial charge < -0.3 is 19.7 Å². The minimum Gasteiger partial charge on any atom is -0.497 e. The maximum Gasteiger partial charge on any atom is 0.326 e. The molecule has 1 heterocycles. The smallest absolute Gasteiger partial charge is 0.326 e. The molecule has 142 valence electrons. The number of ether oxygens (including phenoxy) is 2. The van der Waals surface area contributed by atoms with E-state index >= 15 is 0 Å². The molecule has 1 aliphatic heterocycles. The monoisotopic (exact) mass is 369 g/mol. The van der Waals surface area contributed by atoms with Crippen LogP contribution in [0.4, 0.5) is 21.9 Å². The molecule has 0 unspecified atom stereocenters. The Morgan fingerprint density at radius 2 is 1.96 bits per heavy atom. The average molecular weight is 369 g/mol. The number of nitrogens with zero attached hydrogens (tertiary/aromatic N) is 2. The minimum atomic E-state index is -0.255. The number of amides is 3. The number of methoxy groups -OCH3 is 1. The Bertz CT molecular complexity index is 836. The second kappa shape index (κ2) is 8.09. The number of hydrogen-bond acceptors (Lipinski definition) is 4. The number of urea groups is 1. The van der Waals surface area contributed by atoms with Crippen LogP contribution in [0.25, 0.3) is 0 Å². The fraction of sp³-hybridized carbons (Fsp3) is 0.300. The van der Waals surface area contributed by atoms with Crippen LogP contribution in [-0.2, 0) is 9.53 Å². The molecule has 0 bridgehead atoms. The maximum atomic E-state index is 12.5. The van der Waals surface area contributed by atoms with Gasteiger partial charge in [0.1, 0.15) is 12.4 Å². The number of benzene rings is 2. The summed E-state index contributed by atoms with van der Waals surface area (Å²) in [6.07, 6.45) is 0. The lowest BCUT2D eigenvalue weighted by atomic mass is 10.1. The van der Waals surface area contributed by atoms with Crippen molar-refractivity contribution in [2.45, 2.75) is 6.92 Å². The van der Waals surface area contributed by atoms with Gasteiger partial charge in [-0.15, -0.1) is 0 Å². The van der Waals surface area contributed by atoms with E-state index in [4.69, 9.17) is 9.47 Å². The summed E-state index contributed by atoms with van der Waals surface area (Å²) < 4.78 is 10.3. The van der Waals surface area contributed by atoms with Crippen molar-refractivity contribution in [2.24, 2.45) is 0 Å². The van der Waals surface area contributed by atoms with Crippen molar-refractivity contribution in [2.75, 3.05) is 49.0 Å². The summed E-state index contributed by atoms with van der Waals surface area (Å²) in [5, 5.41) is 2.88. The average Bonchev–Trinajstić information content (AvgIpc) is 2.68. The molecule has 3 amide bonds. The Kier molecular flexibility index (Phi) is 5.61. The van der Waals surface area contributed by atoms with Gasteiger partial charge in [-0.3, -0.25) is 9.69 Å². The number of aryl methyl sites for hydroxylation is 1. The quantitative estimate of drug-likeness (QED) is 0.899. The molecule has 0 aliphatic carbocycles. The zero-order valence-electron chi connectivity index (χ0n) is 15.7. The van der Waals surface area contributed by atoms with Gasteiger partial charge >= 0.3 is 6.03 Å². The highest BCUT2D eigenvalue weighted by molar-refractivity contribution is 6.02. The van der Waals surface area contributed by atoms with Crippen molar-refractivity contribution >= 4 is 29.0 Å². The molecule has 3 rings (SSSR count). The van der Waals surface area contributed by atoms with Crippen molar-refractivity contribution in [3.05, 3.63) is 48.0 Å². The molecule has 2 aromatic rings. The topological polar surface area (TPSA) is 71.1 Å². The molecular weight excluding hydrogens is 346 g/mol. The Morgan fingerprint density at radius 3 is 2.59 bits per heavy atom. The molecule has 7 nitrogen and oxygen atoms in total. The highest BCUT2D eigenvalue weighted by Crippen LogP contribution is 2.25. The molecule has 27 heavy (non-hydrogen) atoms. The summed E-state index contributed by atoms with van der Waals surface area (Å²) in [5.74, 6) is 0.678. The normalized spacial score (nSPS) is 14.0. The molecule has 0 saturated carbocycles. The van der Waals surface area contributed by atoms with Gasteiger partial charge in [-0.05, 0) is 55.0 Å². The third-order valence-electron chi connectivity index (χ3n) is 4.49. The molecule has 0 aromatic heterocycles. The van der Waals surface area contributed by atoms with E-state index in [0.29, 0.717) is 18.8 Å². The predicted molar refractivity (Wildman–Crippen MR) is 105 cm³/mol. The Labute approximate surface area is 158 Å². The molecule has 1 saturated heterocycles. The lowest BCUT2D eigenvalue weighted by Crippen LogP contribution is -2.42. The van der Waals surface area contributed by atoms with Crippen LogP contribution in [0.5, 0.6) is 5.75 Å². The van der Waals surface area contributed by atoms with Crippen LogP contribution < -0.4 is 19.9 Å². The zero-order chi connectivity index (χ0) is 19.4. The molecule has 0 spiro atoms. The van der Waals surface area contributed by atoms with Crippen molar-refractivity contribution in [1.82, 2.24) is 0 Å². The lowest BCUT2D eigenvalue weighted by molar-refractivity contribution is -0.125. The fourth-order valence-electron chi connectivity index (χ4n) is 2.94. The summed E-state index contributed by atoms with van der Waals surface area (Å²) in [5.41, 5.74) is 3.17. The fourth-order valence-corrected chi connectivity index (χ4v) is 2.94. The molecule has 2 aromatic carbocycles. The Hall–Kier alpha value is -3.06. The third-order valence-corrected chi connectivity index (χ3v) is 4.49. The summed E-state index contributed by atoms with van der Waals surface area (Å²) in [6, 6.07) is 12.5. The molecule has 1 N–H and O–H groups in total. The largest absolute Gasteiger partial charge is 0.497 e. The van der Waals surface area contributed by atoms with Crippen LogP contribution in [0.2, 0.25) is 0 Å². The first-order valence-electron chi connectivity index (χ1n) is 8.67. The number of nitrogens with one attached hydrogen (secondary N) is 1. The van der Waals surface area contributed by atoms with Crippen LogP contribution in [0, 0.1) is 6.92 Å². The summed E-state index contributed by atoms with van der Waals surface area (Å²) >= 11 is 0. The molecule has 1 fully saturated rings. The summed E-state index contributed by atoms with van der Waals surface area (Å²) in [4.78, 5) is 27.8. The second-order valence-corrected chi connectivity index (χ2v) is 6.29. The van der Waals surface area contributed by atoms with Crippen molar-refractivity contribution in [3.8, 4) is 5.75 Å². The van der Waals surface area contributed by atoms with E-state index in [1.165, 1.54) is 4.90 Å². The van der Waals surface area contributed by atoms with Crippen molar-refractivity contribution < 1.29 is 19.1 Å². The molecule has 1 aliphatic rings. The van der Waals surface area contributed by atoms with E-state index in [2.05, 4.69) is 5.32 Å². The van der Waals surface area contributed by atoms with Crippen LogP contribution in [0.3, 0.4) is 0 Å². The van der Waals surface area contributed by atoms with E-state index in [-0.39, 0.29) is 18.5 Å². The summed E-state index contributed by atoms with van der Waals surface area (Å²) in [6.45, 7) is 3.08. The van der Waals surface area contributed by atoms with Gasteiger partial charge in [-0.25, -0.2) is 4.79 Å². The number of hydrogen-bond donors (Lipinski definition) is 1. The van der Waals surface area contributed by atoms with E-state index in [0.717, 1.165) is 22.7 Å². The van der Waals surface area contributed by atoms with Gasteiger partial charge in [-0.2, -0.15) is 0 Å². The first-order valence-corrected chi connectivity index (χ1v) is 8.67. The number of carbonyl (C=O) groups is 2.